The molecule has 0 spiro atoms. The van der Waals surface area contributed by atoms with Crippen LogP contribution in [-0.2, 0) is 6.54 Å². The van der Waals surface area contributed by atoms with Gasteiger partial charge in [0.05, 0.1) is 27.4 Å². The van der Waals surface area contributed by atoms with Gasteiger partial charge in [0, 0.05) is 6.54 Å². The van der Waals surface area contributed by atoms with Gasteiger partial charge in [0.15, 0.2) is 17.5 Å². The summed E-state index contributed by atoms with van der Waals surface area (Å²) in [6, 6.07) is 3.76. The number of rotatable bonds is 8. The van der Waals surface area contributed by atoms with Gasteiger partial charge in [0.2, 0.25) is 5.75 Å². The van der Waals surface area contributed by atoms with Crippen molar-refractivity contribution in [3.05, 3.63) is 17.7 Å². The molecule has 0 saturated heterocycles. The van der Waals surface area contributed by atoms with E-state index in [2.05, 4.69) is 17.2 Å². The zero-order chi connectivity index (χ0) is 15.7. The van der Waals surface area contributed by atoms with Crippen LogP contribution in [0.15, 0.2) is 17.1 Å². The highest BCUT2D eigenvalue weighted by atomic mass is 16.5. The molecule has 0 aliphatic rings. The molecule has 0 aliphatic heterocycles. The SMILES string of the molecule is CCCNC(N)=NCc1cc(OC)c(OCC)c(OC)c1. The average molecular weight is 295 g/mol. The number of hydrogen-bond donors (Lipinski definition) is 2. The highest BCUT2D eigenvalue weighted by molar-refractivity contribution is 5.77. The first-order valence-corrected chi connectivity index (χ1v) is 7.07. The lowest BCUT2D eigenvalue weighted by atomic mass is 10.2. The second-order valence-electron chi connectivity index (χ2n) is 4.39. The van der Waals surface area contributed by atoms with Gasteiger partial charge in [0.25, 0.3) is 0 Å². The van der Waals surface area contributed by atoms with Crippen molar-refractivity contribution in [3.8, 4) is 17.2 Å². The minimum absolute atomic E-state index is 0.434. The van der Waals surface area contributed by atoms with Gasteiger partial charge in [-0.05, 0) is 31.0 Å². The number of nitrogens with two attached hydrogens (primary N) is 1. The molecule has 118 valence electrons. The van der Waals surface area contributed by atoms with Crippen LogP contribution in [0, 0.1) is 0 Å². The van der Waals surface area contributed by atoms with Crippen LogP contribution in [0.4, 0.5) is 0 Å². The highest BCUT2D eigenvalue weighted by Crippen LogP contribution is 2.38. The fourth-order valence-electron chi connectivity index (χ4n) is 1.80. The predicted molar refractivity (Wildman–Crippen MR) is 84.3 cm³/mol. The zero-order valence-corrected chi connectivity index (χ0v) is 13.2. The Labute approximate surface area is 126 Å². The summed E-state index contributed by atoms with van der Waals surface area (Å²) in [6.45, 7) is 5.78. The van der Waals surface area contributed by atoms with E-state index in [9.17, 15) is 0 Å². The van der Waals surface area contributed by atoms with Crippen molar-refractivity contribution in [1.29, 1.82) is 0 Å². The molecule has 0 atom stereocenters. The third-order valence-corrected chi connectivity index (χ3v) is 2.80. The van der Waals surface area contributed by atoms with Gasteiger partial charge in [-0.15, -0.1) is 0 Å². The lowest BCUT2D eigenvalue weighted by Gasteiger charge is -2.14. The minimum Gasteiger partial charge on any atom is -0.493 e. The Morgan fingerprint density at radius 1 is 1.19 bits per heavy atom. The number of benzene rings is 1. The molecule has 0 saturated carbocycles. The number of nitrogens with zero attached hydrogens (tertiary/aromatic N) is 1. The van der Waals surface area contributed by atoms with Gasteiger partial charge in [-0.3, -0.25) is 0 Å². The topological polar surface area (TPSA) is 78.1 Å². The van der Waals surface area contributed by atoms with Crippen molar-refractivity contribution in [2.45, 2.75) is 26.8 Å². The zero-order valence-electron chi connectivity index (χ0n) is 13.2. The van der Waals surface area contributed by atoms with Crippen molar-refractivity contribution in [2.75, 3.05) is 27.4 Å². The maximum atomic E-state index is 5.78. The smallest absolute Gasteiger partial charge is 0.203 e. The maximum absolute atomic E-state index is 5.78. The number of nitrogens with one attached hydrogen (secondary N) is 1. The third kappa shape index (κ3) is 5.06. The van der Waals surface area contributed by atoms with Gasteiger partial charge in [-0.2, -0.15) is 0 Å². The number of hydrogen-bond acceptors (Lipinski definition) is 4. The van der Waals surface area contributed by atoms with E-state index in [4.69, 9.17) is 19.9 Å². The van der Waals surface area contributed by atoms with Crippen LogP contribution in [0.25, 0.3) is 0 Å². The molecule has 0 unspecified atom stereocenters. The summed E-state index contributed by atoms with van der Waals surface area (Å²) in [5.41, 5.74) is 6.72. The van der Waals surface area contributed by atoms with Gasteiger partial charge >= 0.3 is 0 Å². The Morgan fingerprint density at radius 2 is 1.81 bits per heavy atom. The van der Waals surface area contributed by atoms with Crippen LogP contribution < -0.4 is 25.3 Å². The summed E-state index contributed by atoms with van der Waals surface area (Å²) in [4.78, 5) is 4.29. The van der Waals surface area contributed by atoms with Crippen molar-refractivity contribution in [1.82, 2.24) is 5.32 Å². The molecule has 6 heteroatoms. The van der Waals surface area contributed by atoms with Crippen LogP contribution in [-0.4, -0.2) is 33.3 Å². The second kappa shape index (κ2) is 8.94. The van der Waals surface area contributed by atoms with Crippen LogP contribution in [0.2, 0.25) is 0 Å². The Morgan fingerprint density at radius 3 is 2.29 bits per heavy atom. The first-order chi connectivity index (χ1) is 10.2. The van der Waals surface area contributed by atoms with E-state index in [-0.39, 0.29) is 0 Å². The van der Waals surface area contributed by atoms with Crippen LogP contribution >= 0.6 is 0 Å². The number of ether oxygens (including phenoxy) is 3. The number of guanidine groups is 1. The lowest BCUT2D eigenvalue weighted by molar-refractivity contribution is 0.288. The van der Waals surface area contributed by atoms with Crippen molar-refractivity contribution < 1.29 is 14.2 Å². The van der Waals surface area contributed by atoms with E-state index in [1.54, 1.807) is 14.2 Å². The molecular weight excluding hydrogens is 270 g/mol. The molecule has 1 aromatic rings. The normalized spacial score (nSPS) is 11.1. The molecule has 21 heavy (non-hydrogen) atoms. The van der Waals surface area contributed by atoms with E-state index in [1.165, 1.54) is 0 Å². The summed E-state index contributed by atoms with van der Waals surface area (Å²) in [6.07, 6.45) is 1.00. The Bertz CT molecular complexity index is 450. The molecule has 6 nitrogen and oxygen atoms in total. The van der Waals surface area contributed by atoms with E-state index in [1.807, 2.05) is 19.1 Å². The Hall–Kier alpha value is -2.11. The monoisotopic (exact) mass is 295 g/mol. The maximum Gasteiger partial charge on any atom is 0.203 e. The van der Waals surface area contributed by atoms with E-state index < -0.39 is 0 Å². The summed E-state index contributed by atoms with van der Waals surface area (Å²) in [7, 11) is 3.20. The van der Waals surface area contributed by atoms with E-state index >= 15 is 0 Å². The molecule has 1 aromatic carbocycles. The largest absolute Gasteiger partial charge is 0.493 e. The van der Waals surface area contributed by atoms with Crippen molar-refractivity contribution in [3.63, 3.8) is 0 Å². The molecule has 0 fully saturated rings. The summed E-state index contributed by atoms with van der Waals surface area (Å²) >= 11 is 0. The lowest BCUT2D eigenvalue weighted by Crippen LogP contribution is -2.32. The predicted octanol–water partition coefficient (Wildman–Crippen LogP) is 1.92. The average Bonchev–Trinajstić information content (AvgIpc) is 2.51. The third-order valence-electron chi connectivity index (χ3n) is 2.80. The number of aliphatic imine (C=N–C) groups is 1. The molecule has 0 aromatic heterocycles. The molecule has 0 bridgehead atoms. The first-order valence-electron chi connectivity index (χ1n) is 7.07. The fourth-order valence-corrected chi connectivity index (χ4v) is 1.80. The van der Waals surface area contributed by atoms with E-state index in [0.717, 1.165) is 18.5 Å². The molecule has 0 heterocycles. The highest BCUT2D eigenvalue weighted by Gasteiger charge is 2.13. The van der Waals surface area contributed by atoms with E-state index in [0.29, 0.717) is 36.4 Å². The van der Waals surface area contributed by atoms with Gasteiger partial charge in [-0.25, -0.2) is 4.99 Å². The number of methoxy groups -OCH3 is 2. The summed E-state index contributed by atoms with van der Waals surface area (Å²) in [5, 5.41) is 3.03. The summed E-state index contributed by atoms with van der Waals surface area (Å²) in [5.74, 6) is 2.29. The van der Waals surface area contributed by atoms with Crippen LogP contribution in [0.1, 0.15) is 25.8 Å². The molecule has 0 radical (unpaired) electrons. The van der Waals surface area contributed by atoms with Crippen molar-refractivity contribution in [2.24, 2.45) is 10.7 Å². The fraction of sp³-hybridized carbons (Fsp3) is 0.533. The molecule has 3 N–H and O–H groups in total. The Kier molecular flexibility index (Phi) is 7.21. The standard InChI is InChI=1S/C15H25N3O3/c1-5-7-17-15(16)18-10-11-8-12(19-3)14(21-6-2)13(9-11)20-4/h8-9H,5-7,10H2,1-4H3,(H3,16,17,18). The molecule has 1 rings (SSSR count). The van der Waals surface area contributed by atoms with Gasteiger partial charge < -0.3 is 25.3 Å². The van der Waals surface area contributed by atoms with Crippen LogP contribution in [0.5, 0.6) is 17.2 Å². The first kappa shape index (κ1) is 16.9. The van der Waals surface area contributed by atoms with Gasteiger partial charge in [-0.1, -0.05) is 6.92 Å². The quantitative estimate of drug-likeness (QED) is 0.566. The van der Waals surface area contributed by atoms with Crippen LogP contribution in [0.3, 0.4) is 0 Å². The molecule has 0 aliphatic carbocycles. The van der Waals surface area contributed by atoms with Gasteiger partial charge in [0.1, 0.15) is 0 Å². The van der Waals surface area contributed by atoms with Crippen molar-refractivity contribution >= 4 is 5.96 Å². The molecular formula is C15H25N3O3. The minimum atomic E-state index is 0.434. The second-order valence-corrected chi connectivity index (χ2v) is 4.39. The Balaban J connectivity index is 2.93. The molecule has 0 amide bonds. The summed E-state index contributed by atoms with van der Waals surface area (Å²) < 4.78 is 16.3.